The lowest BCUT2D eigenvalue weighted by atomic mass is 9.86. The van der Waals surface area contributed by atoms with Crippen molar-refractivity contribution in [3.05, 3.63) is 71.3 Å². The predicted molar refractivity (Wildman–Crippen MR) is 87.8 cm³/mol. The van der Waals surface area contributed by atoms with Crippen molar-refractivity contribution in [1.29, 1.82) is 0 Å². The maximum absolute atomic E-state index is 12.2. The van der Waals surface area contributed by atoms with Crippen LogP contribution in [0.5, 0.6) is 0 Å². The molecule has 1 amide bonds. The molecule has 114 valence electrons. The molecular weight excluding hydrogens is 274 g/mol. The van der Waals surface area contributed by atoms with Crippen LogP contribution < -0.4 is 5.32 Å². The summed E-state index contributed by atoms with van der Waals surface area (Å²) in [6.45, 7) is 6.14. The maximum atomic E-state index is 12.2. The van der Waals surface area contributed by atoms with Gasteiger partial charge in [-0.05, 0) is 17.7 Å². The molecule has 1 N–H and O–H groups in total. The van der Waals surface area contributed by atoms with Gasteiger partial charge in [-0.3, -0.25) is 9.59 Å². The Kier molecular flexibility index (Phi) is 4.76. The molecule has 3 nitrogen and oxygen atoms in total. The minimum absolute atomic E-state index is 0.0729. The number of amides is 1. The fraction of sp³-hybridized carbons (Fsp3) is 0.263. The number of Topliss-reactive ketones (excluding diaryl/α,β-unsaturated/α-hetero) is 1. The van der Waals surface area contributed by atoms with E-state index in [-0.39, 0.29) is 11.7 Å². The zero-order chi connectivity index (χ0) is 16.2. The number of nitrogens with one attached hydrogen (secondary N) is 1. The molecule has 0 aromatic heterocycles. The predicted octanol–water partition coefficient (Wildman–Crippen LogP) is 3.85. The second kappa shape index (κ2) is 6.56. The molecule has 0 aliphatic heterocycles. The van der Waals surface area contributed by atoms with Crippen LogP contribution >= 0.6 is 0 Å². The summed E-state index contributed by atoms with van der Waals surface area (Å²) in [5.41, 5.74) is 1.82. The van der Waals surface area contributed by atoms with Crippen molar-refractivity contribution in [2.24, 2.45) is 5.41 Å². The van der Waals surface area contributed by atoms with E-state index < -0.39 is 5.41 Å². The molecule has 0 radical (unpaired) electrons. The van der Waals surface area contributed by atoms with Crippen LogP contribution in [0.4, 0.5) is 0 Å². The monoisotopic (exact) mass is 295 g/mol. The van der Waals surface area contributed by atoms with Crippen LogP contribution in [-0.2, 0) is 6.54 Å². The van der Waals surface area contributed by atoms with Crippen LogP contribution in [0.1, 0.15) is 47.1 Å². The van der Waals surface area contributed by atoms with Crippen molar-refractivity contribution in [1.82, 2.24) is 5.32 Å². The summed E-state index contributed by atoms with van der Waals surface area (Å²) < 4.78 is 0. The first kappa shape index (κ1) is 16.0. The SMILES string of the molecule is CC(C)(C)C(=O)c1ccc(C(=O)NCc2ccccc2)cc1. The molecule has 2 aromatic carbocycles. The van der Waals surface area contributed by atoms with Gasteiger partial charge in [0.05, 0.1) is 0 Å². The molecule has 0 saturated heterocycles. The average Bonchev–Trinajstić information content (AvgIpc) is 2.52. The van der Waals surface area contributed by atoms with E-state index in [0.29, 0.717) is 17.7 Å². The first-order chi connectivity index (χ1) is 10.4. The van der Waals surface area contributed by atoms with Crippen LogP contribution in [0.3, 0.4) is 0 Å². The van der Waals surface area contributed by atoms with Gasteiger partial charge in [-0.1, -0.05) is 63.2 Å². The number of hydrogen-bond donors (Lipinski definition) is 1. The highest BCUT2D eigenvalue weighted by Gasteiger charge is 2.22. The van der Waals surface area contributed by atoms with E-state index in [0.717, 1.165) is 5.56 Å². The van der Waals surface area contributed by atoms with Crippen molar-refractivity contribution >= 4 is 11.7 Å². The average molecular weight is 295 g/mol. The van der Waals surface area contributed by atoms with E-state index in [2.05, 4.69) is 5.32 Å². The lowest BCUT2D eigenvalue weighted by Crippen LogP contribution is -2.23. The van der Waals surface area contributed by atoms with Crippen molar-refractivity contribution in [3.8, 4) is 0 Å². The lowest BCUT2D eigenvalue weighted by molar-refractivity contribution is 0.0857. The summed E-state index contributed by atoms with van der Waals surface area (Å²) in [4.78, 5) is 24.3. The van der Waals surface area contributed by atoms with Gasteiger partial charge >= 0.3 is 0 Å². The van der Waals surface area contributed by atoms with Crippen LogP contribution in [0, 0.1) is 5.41 Å². The van der Waals surface area contributed by atoms with Gasteiger partial charge in [0.1, 0.15) is 0 Å². The first-order valence-corrected chi connectivity index (χ1v) is 7.35. The van der Waals surface area contributed by atoms with Gasteiger partial charge in [0, 0.05) is 23.1 Å². The Morgan fingerprint density at radius 2 is 1.41 bits per heavy atom. The van der Waals surface area contributed by atoms with E-state index in [1.807, 2.05) is 51.1 Å². The molecule has 0 fully saturated rings. The topological polar surface area (TPSA) is 46.2 Å². The van der Waals surface area contributed by atoms with Crippen molar-refractivity contribution in [2.45, 2.75) is 27.3 Å². The molecule has 0 heterocycles. The van der Waals surface area contributed by atoms with Crippen LogP contribution in [0.15, 0.2) is 54.6 Å². The quantitative estimate of drug-likeness (QED) is 0.871. The van der Waals surface area contributed by atoms with E-state index in [4.69, 9.17) is 0 Å². The number of carbonyl (C=O) groups is 2. The summed E-state index contributed by atoms with van der Waals surface area (Å²) in [6, 6.07) is 16.6. The van der Waals surface area contributed by atoms with Gasteiger partial charge < -0.3 is 5.32 Å². The molecule has 0 saturated carbocycles. The Balaban J connectivity index is 2.01. The number of benzene rings is 2. The molecule has 2 rings (SSSR count). The zero-order valence-electron chi connectivity index (χ0n) is 13.2. The van der Waals surface area contributed by atoms with Gasteiger partial charge in [0.2, 0.25) is 0 Å². The Morgan fingerprint density at radius 1 is 0.864 bits per heavy atom. The Morgan fingerprint density at radius 3 is 1.95 bits per heavy atom. The lowest BCUT2D eigenvalue weighted by Gasteiger charge is -2.16. The molecule has 22 heavy (non-hydrogen) atoms. The van der Waals surface area contributed by atoms with Crippen molar-refractivity contribution < 1.29 is 9.59 Å². The minimum Gasteiger partial charge on any atom is -0.348 e. The van der Waals surface area contributed by atoms with Crippen LogP contribution in [-0.4, -0.2) is 11.7 Å². The van der Waals surface area contributed by atoms with Crippen LogP contribution in [0.25, 0.3) is 0 Å². The normalized spacial score (nSPS) is 11.0. The summed E-state index contributed by atoms with van der Waals surface area (Å²) in [6.07, 6.45) is 0. The third-order valence-corrected chi connectivity index (χ3v) is 3.39. The Hall–Kier alpha value is -2.42. The molecular formula is C19H21NO2. The molecule has 3 heteroatoms. The standard InChI is InChI=1S/C19H21NO2/c1-19(2,3)17(21)15-9-11-16(12-10-15)18(22)20-13-14-7-5-4-6-8-14/h4-12H,13H2,1-3H3,(H,20,22). The minimum atomic E-state index is -0.420. The summed E-state index contributed by atoms with van der Waals surface area (Å²) >= 11 is 0. The molecule has 0 aliphatic rings. The number of rotatable bonds is 4. The second-order valence-corrected chi connectivity index (χ2v) is 6.32. The molecule has 0 aliphatic carbocycles. The van der Waals surface area contributed by atoms with Gasteiger partial charge in [-0.15, -0.1) is 0 Å². The van der Waals surface area contributed by atoms with Gasteiger partial charge in [0.25, 0.3) is 5.91 Å². The fourth-order valence-corrected chi connectivity index (χ4v) is 2.09. The number of ketones is 1. The van der Waals surface area contributed by atoms with Crippen LogP contribution in [0.2, 0.25) is 0 Å². The van der Waals surface area contributed by atoms with Crippen molar-refractivity contribution in [2.75, 3.05) is 0 Å². The molecule has 0 bridgehead atoms. The second-order valence-electron chi connectivity index (χ2n) is 6.32. The number of hydrogen-bond acceptors (Lipinski definition) is 2. The van der Waals surface area contributed by atoms with Gasteiger partial charge in [-0.25, -0.2) is 0 Å². The first-order valence-electron chi connectivity index (χ1n) is 7.35. The molecule has 0 unspecified atom stereocenters. The third kappa shape index (κ3) is 4.04. The van der Waals surface area contributed by atoms with Gasteiger partial charge in [-0.2, -0.15) is 0 Å². The fourth-order valence-electron chi connectivity index (χ4n) is 2.09. The highest BCUT2D eigenvalue weighted by Crippen LogP contribution is 2.20. The summed E-state index contributed by atoms with van der Waals surface area (Å²) in [7, 11) is 0. The van der Waals surface area contributed by atoms with E-state index in [1.54, 1.807) is 24.3 Å². The van der Waals surface area contributed by atoms with Crippen molar-refractivity contribution in [3.63, 3.8) is 0 Å². The largest absolute Gasteiger partial charge is 0.348 e. The smallest absolute Gasteiger partial charge is 0.251 e. The highest BCUT2D eigenvalue weighted by molar-refractivity contribution is 6.01. The summed E-state index contributed by atoms with van der Waals surface area (Å²) in [5.74, 6) is -0.0673. The van der Waals surface area contributed by atoms with Gasteiger partial charge in [0.15, 0.2) is 5.78 Å². The molecule has 0 atom stereocenters. The highest BCUT2D eigenvalue weighted by atomic mass is 16.1. The third-order valence-electron chi connectivity index (χ3n) is 3.39. The maximum Gasteiger partial charge on any atom is 0.251 e. The Labute approximate surface area is 131 Å². The Bertz CT molecular complexity index is 652. The summed E-state index contributed by atoms with van der Waals surface area (Å²) in [5, 5.41) is 2.87. The van der Waals surface area contributed by atoms with E-state index in [1.165, 1.54) is 0 Å². The molecule has 2 aromatic rings. The zero-order valence-corrected chi connectivity index (χ0v) is 13.2. The number of carbonyl (C=O) groups excluding carboxylic acids is 2. The van der Waals surface area contributed by atoms with E-state index in [9.17, 15) is 9.59 Å². The van der Waals surface area contributed by atoms with E-state index >= 15 is 0 Å². The molecule has 0 spiro atoms.